The molecular formula is C16H22N4O3S2. The number of carbonyl (C=O) groups is 1. The fourth-order valence-corrected chi connectivity index (χ4v) is 4.03. The summed E-state index contributed by atoms with van der Waals surface area (Å²) < 4.78 is 26.7. The second-order valence-corrected chi connectivity index (χ2v) is 8.37. The van der Waals surface area contributed by atoms with Gasteiger partial charge in [-0.2, -0.15) is 0 Å². The molecule has 25 heavy (non-hydrogen) atoms. The number of carbonyl (C=O) groups excluding carboxylic acids is 1. The van der Waals surface area contributed by atoms with E-state index in [4.69, 9.17) is 0 Å². The zero-order valence-corrected chi connectivity index (χ0v) is 16.1. The third-order valence-electron chi connectivity index (χ3n) is 3.53. The summed E-state index contributed by atoms with van der Waals surface area (Å²) in [5.74, 6) is -0.399. The first-order valence-corrected chi connectivity index (χ1v) is 10.4. The number of hydrogen-bond acceptors (Lipinski definition) is 6. The highest BCUT2D eigenvalue weighted by Gasteiger charge is 2.18. The number of aryl methyl sites for hydroxylation is 2. The van der Waals surface area contributed by atoms with Crippen molar-refractivity contribution in [3.63, 3.8) is 0 Å². The van der Waals surface area contributed by atoms with Crippen molar-refractivity contribution in [2.75, 3.05) is 11.9 Å². The zero-order valence-electron chi connectivity index (χ0n) is 14.5. The molecule has 1 amide bonds. The molecule has 1 aromatic carbocycles. The number of benzene rings is 1. The highest BCUT2D eigenvalue weighted by molar-refractivity contribution is 7.89. The maximum absolute atomic E-state index is 12.5. The van der Waals surface area contributed by atoms with Crippen LogP contribution >= 0.6 is 11.3 Å². The Bertz CT molecular complexity index is 847. The first kappa shape index (κ1) is 19.5. The monoisotopic (exact) mass is 382 g/mol. The Hall–Kier alpha value is -1.84. The Morgan fingerprint density at radius 1 is 1.24 bits per heavy atom. The molecule has 2 aromatic rings. The van der Waals surface area contributed by atoms with Gasteiger partial charge in [0.2, 0.25) is 15.2 Å². The number of rotatable bonds is 8. The molecule has 0 fully saturated rings. The van der Waals surface area contributed by atoms with E-state index in [1.54, 1.807) is 19.9 Å². The first-order valence-electron chi connectivity index (χ1n) is 8.11. The highest BCUT2D eigenvalue weighted by Crippen LogP contribution is 2.20. The molecule has 0 spiro atoms. The van der Waals surface area contributed by atoms with Crippen LogP contribution in [0.3, 0.4) is 0 Å². The number of sulfonamides is 1. The van der Waals surface area contributed by atoms with E-state index in [1.165, 1.54) is 23.5 Å². The van der Waals surface area contributed by atoms with Crippen LogP contribution in [-0.4, -0.2) is 31.1 Å². The summed E-state index contributed by atoms with van der Waals surface area (Å²) in [5, 5.41) is 12.0. The SMILES string of the molecule is CCCCc1nnc(NC(=O)c2cc(S(=O)(=O)NCC)ccc2C)s1. The van der Waals surface area contributed by atoms with Gasteiger partial charge in [0.1, 0.15) is 5.01 Å². The summed E-state index contributed by atoms with van der Waals surface area (Å²) in [6.45, 7) is 5.83. The Morgan fingerprint density at radius 2 is 2.00 bits per heavy atom. The minimum atomic E-state index is -3.62. The van der Waals surface area contributed by atoms with Crippen LogP contribution in [0.25, 0.3) is 0 Å². The third-order valence-corrected chi connectivity index (χ3v) is 5.97. The van der Waals surface area contributed by atoms with Gasteiger partial charge in [-0.05, 0) is 31.0 Å². The summed E-state index contributed by atoms with van der Waals surface area (Å²) in [6.07, 6.45) is 2.92. The van der Waals surface area contributed by atoms with Crippen LogP contribution in [0.5, 0.6) is 0 Å². The molecule has 0 saturated heterocycles. The van der Waals surface area contributed by atoms with Gasteiger partial charge in [0.15, 0.2) is 0 Å². The van der Waals surface area contributed by atoms with Gasteiger partial charge in [0.05, 0.1) is 4.90 Å². The van der Waals surface area contributed by atoms with Crippen molar-refractivity contribution in [3.05, 3.63) is 34.3 Å². The summed E-state index contributed by atoms with van der Waals surface area (Å²) in [5.41, 5.74) is 0.980. The molecule has 0 saturated carbocycles. The number of amides is 1. The Morgan fingerprint density at radius 3 is 2.68 bits per heavy atom. The van der Waals surface area contributed by atoms with E-state index in [0.717, 1.165) is 24.3 Å². The van der Waals surface area contributed by atoms with Crippen molar-refractivity contribution in [3.8, 4) is 0 Å². The second-order valence-electron chi connectivity index (χ2n) is 5.54. The van der Waals surface area contributed by atoms with Gasteiger partial charge < -0.3 is 0 Å². The number of anilines is 1. The number of nitrogens with zero attached hydrogens (tertiary/aromatic N) is 2. The van der Waals surface area contributed by atoms with E-state index in [9.17, 15) is 13.2 Å². The molecule has 1 heterocycles. The number of hydrogen-bond donors (Lipinski definition) is 2. The Kier molecular flexibility index (Phi) is 6.63. The largest absolute Gasteiger partial charge is 0.296 e. The molecule has 2 rings (SSSR count). The minimum absolute atomic E-state index is 0.0611. The molecular weight excluding hydrogens is 360 g/mol. The van der Waals surface area contributed by atoms with Crippen molar-refractivity contribution in [1.82, 2.24) is 14.9 Å². The van der Waals surface area contributed by atoms with Gasteiger partial charge in [-0.15, -0.1) is 10.2 Å². The van der Waals surface area contributed by atoms with Gasteiger partial charge in [0.25, 0.3) is 5.91 Å². The lowest BCUT2D eigenvalue weighted by Crippen LogP contribution is -2.24. The van der Waals surface area contributed by atoms with Crippen molar-refractivity contribution in [2.45, 2.75) is 44.9 Å². The lowest BCUT2D eigenvalue weighted by atomic mass is 10.1. The molecule has 0 aliphatic rings. The van der Waals surface area contributed by atoms with Crippen LogP contribution in [0.2, 0.25) is 0 Å². The van der Waals surface area contributed by atoms with E-state index < -0.39 is 15.9 Å². The van der Waals surface area contributed by atoms with Gasteiger partial charge >= 0.3 is 0 Å². The molecule has 9 heteroatoms. The number of aromatic nitrogens is 2. The van der Waals surface area contributed by atoms with E-state index in [2.05, 4.69) is 27.2 Å². The molecule has 0 unspecified atom stereocenters. The molecule has 0 aliphatic carbocycles. The lowest BCUT2D eigenvalue weighted by molar-refractivity contribution is 0.102. The second kappa shape index (κ2) is 8.50. The zero-order chi connectivity index (χ0) is 18.4. The predicted molar refractivity (Wildman–Crippen MR) is 98.5 cm³/mol. The van der Waals surface area contributed by atoms with Crippen molar-refractivity contribution in [1.29, 1.82) is 0 Å². The van der Waals surface area contributed by atoms with Crippen molar-refractivity contribution >= 4 is 32.4 Å². The number of unbranched alkanes of at least 4 members (excludes halogenated alkanes) is 1. The molecule has 0 aliphatic heterocycles. The van der Waals surface area contributed by atoms with E-state index in [-0.39, 0.29) is 11.4 Å². The van der Waals surface area contributed by atoms with Crippen LogP contribution in [0.4, 0.5) is 5.13 Å². The fourth-order valence-electron chi connectivity index (χ4n) is 2.18. The van der Waals surface area contributed by atoms with E-state index >= 15 is 0 Å². The minimum Gasteiger partial charge on any atom is -0.296 e. The van der Waals surface area contributed by atoms with Gasteiger partial charge in [-0.1, -0.05) is 37.7 Å². The Balaban J connectivity index is 2.20. The molecule has 136 valence electrons. The predicted octanol–water partition coefficient (Wildman–Crippen LogP) is 2.74. The maximum Gasteiger partial charge on any atom is 0.257 e. The van der Waals surface area contributed by atoms with Gasteiger partial charge in [-0.3, -0.25) is 10.1 Å². The normalized spacial score (nSPS) is 11.5. The van der Waals surface area contributed by atoms with E-state index in [0.29, 0.717) is 16.3 Å². The lowest BCUT2D eigenvalue weighted by Gasteiger charge is -2.09. The standard InChI is InChI=1S/C16H22N4O3S2/c1-4-6-7-14-19-20-16(24-14)18-15(21)13-10-12(9-8-11(13)3)25(22,23)17-5-2/h8-10,17H,4-7H2,1-3H3,(H,18,20,21). The summed E-state index contributed by atoms with van der Waals surface area (Å²) in [7, 11) is -3.62. The molecule has 7 nitrogen and oxygen atoms in total. The first-order chi connectivity index (χ1) is 11.9. The van der Waals surface area contributed by atoms with E-state index in [1.807, 2.05) is 0 Å². The summed E-state index contributed by atoms with van der Waals surface area (Å²) >= 11 is 1.33. The van der Waals surface area contributed by atoms with Crippen molar-refractivity contribution in [2.24, 2.45) is 0 Å². The maximum atomic E-state index is 12.5. The van der Waals surface area contributed by atoms with Crippen LogP contribution < -0.4 is 10.0 Å². The smallest absolute Gasteiger partial charge is 0.257 e. The van der Waals surface area contributed by atoms with Crippen LogP contribution in [0, 0.1) is 6.92 Å². The Labute approximate surface area is 151 Å². The molecule has 0 radical (unpaired) electrons. The molecule has 0 bridgehead atoms. The van der Waals surface area contributed by atoms with Crippen LogP contribution in [-0.2, 0) is 16.4 Å². The fraction of sp³-hybridized carbons (Fsp3) is 0.438. The molecule has 0 atom stereocenters. The quantitative estimate of drug-likeness (QED) is 0.731. The highest BCUT2D eigenvalue weighted by atomic mass is 32.2. The van der Waals surface area contributed by atoms with Gasteiger partial charge in [0, 0.05) is 18.5 Å². The number of nitrogens with one attached hydrogen (secondary N) is 2. The van der Waals surface area contributed by atoms with Crippen molar-refractivity contribution < 1.29 is 13.2 Å². The molecule has 1 aromatic heterocycles. The third kappa shape index (κ3) is 5.07. The summed E-state index contributed by atoms with van der Waals surface area (Å²) in [4.78, 5) is 12.6. The van der Waals surface area contributed by atoms with Gasteiger partial charge in [-0.25, -0.2) is 13.1 Å². The summed E-state index contributed by atoms with van der Waals surface area (Å²) in [6, 6.07) is 4.48. The molecule has 2 N–H and O–H groups in total. The average molecular weight is 383 g/mol. The average Bonchev–Trinajstić information content (AvgIpc) is 3.00. The topological polar surface area (TPSA) is 101 Å². The van der Waals surface area contributed by atoms with Crippen LogP contribution in [0.1, 0.15) is 47.6 Å². The van der Waals surface area contributed by atoms with Crippen LogP contribution in [0.15, 0.2) is 23.1 Å².